The van der Waals surface area contributed by atoms with E-state index in [4.69, 9.17) is 0 Å². The topological polar surface area (TPSA) is 70.2 Å². The minimum absolute atomic E-state index is 0.279. The van der Waals surface area contributed by atoms with Crippen LogP contribution in [0.4, 0.5) is 9.18 Å². The van der Waals surface area contributed by atoms with Crippen LogP contribution in [-0.4, -0.2) is 25.5 Å². The van der Waals surface area contributed by atoms with Crippen molar-refractivity contribution in [1.82, 2.24) is 16.0 Å². The number of benzene rings is 2. The van der Waals surface area contributed by atoms with Gasteiger partial charge in [0.2, 0.25) is 5.91 Å². The van der Waals surface area contributed by atoms with Crippen molar-refractivity contribution in [2.45, 2.75) is 12.5 Å². The molecule has 2 aromatic rings. The van der Waals surface area contributed by atoms with E-state index in [1.54, 1.807) is 12.1 Å². The van der Waals surface area contributed by atoms with Gasteiger partial charge in [-0.3, -0.25) is 10.1 Å². The third-order valence-electron chi connectivity index (χ3n) is 3.53. The van der Waals surface area contributed by atoms with Crippen molar-refractivity contribution in [3.8, 4) is 0 Å². The second-order valence-corrected chi connectivity index (χ2v) is 5.24. The Morgan fingerprint density at radius 3 is 2.33 bits per heavy atom. The lowest BCUT2D eigenvalue weighted by Gasteiger charge is -2.18. The number of imide groups is 1. The molecule has 1 atom stereocenters. The molecule has 0 saturated carbocycles. The Morgan fingerprint density at radius 2 is 1.71 bits per heavy atom. The maximum atomic E-state index is 12.9. The smallest absolute Gasteiger partial charge is 0.321 e. The lowest BCUT2D eigenvalue weighted by atomic mass is 10.1. The standard InChI is InChI=1S/C18H20FN3O2/c1-20-18(24)22-17(23)16(14-5-3-2-4-6-14)21-12-11-13-7-9-15(19)10-8-13/h2-10,16,21H,11-12H2,1H3,(H2,20,22,23,24)/t16-/m0/s1. The molecule has 24 heavy (non-hydrogen) atoms. The van der Waals surface area contributed by atoms with Crippen LogP contribution in [0.5, 0.6) is 0 Å². The van der Waals surface area contributed by atoms with Crippen LogP contribution in [0.2, 0.25) is 0 Å². The number of urea groups is 1. The van der Waals surface area contributed by atoms with Crippen molar-refractivity contribution < 1.29 is 14.0 Å². The van der Waals surface area contributed by atoms with Gasteiger partial charge in [0.1, 0.15) is 11.9 Å². The quantitative estimate of drug-likeness (QED) is 0.760. The van der Waals surface area contributed by atoms with Gasteiger partial charge in [0.25, 0.3) is 0 Å². The molecule has 2 rings (SSSR count). The average molecular weight is 329 g/mol. The summed E-state index contributed by atoms with van der Waals surface area (Å²) in [7, 11) is 1.45. The molecule has 0 aromatic heterocycles. The number of hydrogen-bond donors (Lipinski definition) is 3. The molecule has 0 radical (unpaired) electrons. The zero-order chi connectivity index (χ0) is 17.4. The van der Waals surface area contributed by atoms with Crippen LogP contribution in [0.1, 0.15) is 17.2 Å². The van der Waals surface area contributed by atoms with Crippen molar-refractivity contribution in [1.29, 1.82) is 0 Å². The first-order chi connectivity index (χ1) is 11.6. The molecule has 0 aliphatic rings. The zero-order valence-corrected chi connectivity index (χ0v) is 13.4. The third kappa shape index (κ3) is 5.17. The predicted octanol–water partition coefficient (Wildman–Crippen LogP) is 2.15. The molecule has 2 aromatic carbocycles. The van der Waals surface area contributed by atoms with Crippen LogP contribution in [0.15, 0.2) is 54.6 Å². The fourth-order valence-corrected chi connectivity index (χ4v) is 2.27. The van der Waals surface area contributed by atoms with E-state index in [0.29, 0.717) is 13.0 Å². The molecule has 0 unspecified atom stereocenters. The van der Waals surface area contributed by atoms with Crippen LogP contribution in [0.25, 0.3) is 0 Å². The summed E-state index contributed by atoms with van der Waals surface area (Å²) in [4.78, 5) is 23.7. The molecular weight excluding hydrogens is 309 g/mol. The van der Waals surface area contributed by atoms with Gasteiger partial charge in [0.15, 0.2) is 0 Å². The molecular formula is C18H20FN3O2. The molecule has 0 saturated heterocycles. The Hall–Kier alpha value is -2.73. The van der Waals surface area contributed by atoms with Gasteiger partial charge in [-0.2, -0.15) is 0 Å². The highest BCUT2D eigenvalue weighted by atomic mass is 19.1. The molecule has 0 fully saturated rings. The van der Waals surface area contributed by atoms with Crippen molar-refractivity contribution >= 4 is 11.9 Å². The summed E-state index contributed by atoms with van der Waals surface area (Å²) in [6, 6.07) is 14.2. The van der Waals surface area contributed by atoms with Crippen LogP contribution in [-0.2, 0) is 11.2 Å². The van der Waals surface area contributed by atoms with E-state index in [1.165, 1.54) is 19.2 Å². The number of nitrogens with one attached hydrogen (secondary N) is 3. The van der Waals surface area contributed by atoms with Gasteiger partial charge < -0.3 is 10.6 Å². The van der Waals surface area contributed by atoms with E-state index in [1.807, 2.05) is 30.3 Å². The molecule has 0 spiro atoms. The second kappa shape index (κ2) is 8.79. The summed E-state index contributed by atoms with van der Waals surface area (Å²) in [6.45, 7) is 0.506. The summed E-state index contributed by atoms with van der Waals surface area (Å²) >= 11 is 0. The van der Waals surface area contributed by atoms with Gasteiger partial charge in [0.05, 0.1) is 0 Å². The van der Waals surface area contributed by atoms with Crippen LogP contribution in [0, 0.1) is 5.82 Å². The first-order valence-electron chi connectivity index (χ1n) is 7.65. The van der Waals surface area contributed by atoms with Gasteiger partial charge in [0, 0.05) is 13.6 Å². The largest absolute Gasteiger partial charge is 0.341 e. The van der Waals surface area contributed by atoms with Gasteiger partial charge in [-0.05, 0) is 29.7 Å². The van der Waals surface area contributed by atoms with E-state index >= 15 is 0 Å². The Labute approximate surface area is 140 Å². The molecule has 0 aliphatic carbocycles. The SMILES string of the molecule is CNC(=O)NC(=O)[C@@H](NCCc1ccc(F)cc1)c1ccccc1. The number of hydrogen-bond acceptors (Lipinski definition) is 3. The minimum Gasteiger partial charge on any atom is -0.341 e. The maximum Gasteiger partial charge on any atom is 0.321 e. The Bertz CT molecular complexity index is 674. The normalized spacial score (nSPS) is 11.6. The first kappa shape index (κ1) is 17.6. The second-order valence-electron chi connectivity index (χ2n) is 5.24. The maximum absolute atomic E-state index is 12.9. The van der Waals surface area contributed by atoms with Crippen molar-refractivity contribution in [2.75, 3.05) is 13.6 Å². The molecule has 126 valence electrons. The number of amides is 3. The molecule has 0 heterocycles. The number of rotatable bonds is 6. The summed E-state index contributed by atoms with van der Waals surface area (Å²) in [6.07, 6.45) is 0.636. The van der Waals surface area contributed by atoms with Crippen molar-refractivity contribution in [3.63, 3.8) is 0 Å². The molecule has 0 aliphatic heterocycles. The fourth-order valence-electron chi connectivity index (χ4n) is 2.27. The van der Waals surface area contributed by atoms with Crippen LogP contribution >= 0.6 is 0 Å². The molecule has 5 nitrogen and oxygen atoms in total. The highest BCUT2D eigenvalue weighted by Gasteiger charge is 2.21. The fraction of sp³-hybridized carbons (Fsp3) is 0.222. The van der Waals surface area contributed by atoms with Crippen molar-refractivity contribution in [3.05, 3.63) is 71.5 Å². The molecule has 3 N–H and O–H groups in total. The van der Waals surface area contributed by atoms with Gasteiger partial charge in [-0.1, -0.05) is 42.5 Å². The summed E-state index contributed by atoms with van der Waals surface area (Å²) in [5.41, 5.74) is 1.72. The first-order valence-corrected chi connectivity index (χ1v) is 7.65. The summed E-state index contributed by atoms with van der Waals surface area (Å²) < 4.78 is 12.9. The Morgan fingerprint density at radius 1 is 1.04 bits per heavy atom. The number of carbonyl (C=O) groups excluding carboxylic acids is 2. The van der Waals surface area contributed by atoms with E-state index in [9.17, 15) is 14.0 Å². The number of carbonyl (C=O) groups is 2. The number of halogens is 1. The lowest BCUT2D eigenvalue weighted by Crippen LogP contribution is -2.44. The lowest BCUT2D eigenvalue weighted by molar-refractivity contribution is -0.122. The highest BCUT2D eigenvalue weighted by molar-refractivity contribution is 5.97. The monoisotopic (exact) mass is 329 g/mol. The predicted molar refractivity (Wildman–Crippen MR) is 89.9 cm³/mol. The van der Waals surface area contributed by atoms with E-state index in [0.717, 1.165) is 11.1 Å². The van der Waals surface area contributed by atoms with E-state index < -0.39 is 18.0 Å². The molecule has 3 amide bonds. The van der Waals surface area contributed by atoms with Crippen molar-refractivity contribution in [2.24, 2.45) is 0 Å². The van der Waals surface area contributed by atoms with Gasteiger partial charge in [-0.25, -0.2) is 9.18 Å². The summed E-state index contributed by atoms with van der Waals surface area (Å²) in [5.74, 6) is -0.710. The van der Waals surface area contributed by atoms with E-state index in [2.05, 4.69) is 16.0 Å². The minimum atomic E-state index is -0.649. The van der Waals surface area contributed by atoms with Crippen LogP contribution in [0.3, 0.4) is 0 Å². The summed E-state index contributed by atoms with van der Waals surface area (Å²) in [5, 5.41) is 7.78. The Kier molecular flexibility index (Phi) is 6.45. The van der Waals surface area contributed by atoms with E-state index in [-0.39, 0.29) is 5.82 Å². The van der Waals surface area contributed by atoms with Gasteiger partial charge in [-0.15, -0.1) is 0 Å². The van der Waals surface area contributed by atoms with Gasteiger partial charge >= 0.3 is 6.03 Å². The molecule has 0 bridgehead atoms. The Balaban J connectivity index is 2.01. The third-order valence-corrected chi connectivity index (χ3v) is 3.53. The zero-order valence-electron chi connectivity index (χ0n) is 13.4. The average Bonchev–Trinajstić information content (AvgIpc) is 2.60. The molecule has 6 heteroatoms. The highest BCUT2D eigenvalue weighted by Crippen LogP contribution is 2.13. The van der Waals surface area contributed by atoms with Crippen LogP contribution < -0.4 is 16.0 Å².